The van der Waals surface area contributed by atoms with Gasteiger partial charge in [0, 0.05) is 34.6 Å². The Hall–Kier alpha value is -4.36. The number of halogens is 2. The Morgan fingerprint density at radius 3 is 2.32 bits per heavy atom. The molecule has 7 heteroatoms. The lowest BCUT2D eigenvalue weighted by Crippen LogP contribution is -2.36. The molecule has 0 aliphatic heterocycles. The van der Waals surface area contributed by atoms with E-state index in [1.807, 2.05) is 65.1 Å². The van der Waals surface area contributed by atoms with Crippen LogP contribution < -0.4 is 10.6 Å². The van der Waals surface area contributed by atoms with Gasteiger partial charge in [0.25, 0.3) is 5.91 Å². The predicted molar refractivity (Wildman–Crippen MR) is 161 cm³/mol. The van der Waals surface area contributed by atoms with Gasteiger partial charge in [0.1, 0.15) is 11.6 Å². The number of nitrogens with one attached hydrogen (secondary N) is 2. The highest BCUT2D eigenvalue weighted by Crippen LogP contribution is 2.28. The Balaban J connectivity index is 2.06. The van der Waals surface area contributed by atoms with Crippen molar-refractivity contribution >= 4 is 17.4 Å². The molecule has 0 unspecified atom stereocenters. The Bertz CT molecular complexity index is 1490. The number of ketones is 1. The van der Waals surface area contributed by atoms with Gasteiger partial charge in [0.05, 0.1) is 12.2 Å². The third-order valence-electron chi connectivity index (χ3n) is 6.74. The monoisotopic (exact) mass is 557 g/mol. The van der Waals surface area contributed by atoms with E-state index in [4.69, 9.17) is 0 Å². The summed E-state index contributed by atoms with van der Waals surface area (Å²) in [5.41, 5.74) is 5.27. The number of hydrogen-bond donors (Lipinski definition) is 2. The molecule has 0 fully saturated rings. The van der Waals surface area contributed by atoms with E-state index in [1.165, 1.54) is 30.3 Å². The molecule has 0 atom stereocenters. The Kier molecular flexibility index (Phi) is 10.9. The van der Waals surface area contributed by atoms with Crippen molar-refractivity contribution in [3.05, 3.63) is 136 Å². The van der Waals surface area contributed by atoms with Crippen LogP contribution in [0.2, 0.25) is 0 Å². The van der Waals surface area contributed by atoms with E-state index in [-0.39, 0.29) is 23.4 Å². The topological polar surface area (TPSA) is 61.4 Å². The number of nitrogens with zero attached hydrogens (tertiary/aromatic N) is 1. The highest BCUT2D eigenvalue weighted by atomic mass is 19.1. The van der Waals surface area contributed by atoms with Crippen LogP contribution in [0.3, 0.4) is 0 Å². The summed E-state index contributed by atoms with van der Waals surface area (Å²) in [5, 5.41) is 6.21. The number of rotatable bonds is 12. The van der Waals surface area contributed by atoms with Crippen LogP contribution in [0.4, 0.5) is 8.78 Å². The molecule has 3 aromatic carbocycles. The number of carbonyl (C=O) groups is 2. The standard InChI is InChI=1S/C34H37F2N3O2/c1-7-10-30(20-37-6)38-24(5)34(41)39(32(8-2)31-12-9-11-22(3)23(31)4)21-25-17-27(19-29(36)18-25)33(40)26-13-15-28(35)16-14-26/h8-19,37-38H,5,7,20-21H2,1-4,6H3/b30-10?,32-8-. The molecule has 0 heterocycles. The van der Waals surface area contributed by atoms with Crippen molar-refractivity contribution in [2.75, 3.05) is 13.6 Å². The van der Waals surface area contributed by atoms with E-state index in [1.54, 1.807) is 11.0 Å². The van der Waals surface area contributed by atoms with Gasteiger partial charge >= 0.3 is 0 Å². The van der Waals surface area contributed by atoms with Gasteiger partial charge in [0.2, 0.25) is 0 Å². The second kappa shape index (κ2) is 14.3. The van der Waals surface area contributed by atoms with Crippen molar-refractivity contribution in [2.45, 2.75) is 40.7 Å². The molecule has 214 valence electrons. The minimum Gasteiger partial charge on any atom is -0.354 e. The van der Waals surface area contributed by atoms with Gasteiger partial charge in [-0.25, -0.2) is 8.78 Å². The van der Waals surface area contributed by atoms with Crippen LogP contribution in [0.1, 0.15) is 58.4 Å². The summed E-state index contributed by atoms with van der Waals surface area (Å²) < 4.78 is 28.3. The van der Waals surface area contributed by atoms with Crippen molar-refractivity contribution in [2.24, 2.45) is 0 Å². The van der Waals surface area contributed by atoms with Crippen LogP contribution in [0.5, 0.6) is 0 Å². The third-order valence-corrected chi connectivity index (χ3v) is 6.74. The lowest BCUT2D eigenvalue weighted by atomic mass is 9.98. The molecule has 3 aromatic rings. The number of aryl methyl sites for hydroxylation is 1. The molecule has 0 spiro atoms. The molecule has 0 aliphatic carbocycles. The van der Waals surface area contributed by atoms with E-state index in [9.17, 15) is 18.4 Å². The molecule has 0 aromatic heterocycles. The fourth-order valence-electron chi connectivity index (χ4n) is 4.59. The molecule has 1 amide bonds. The van der Waals surface area contributed by atoms with Crippen LogP contribution in [-0.4, -0.2) is 30.2 Å². The molecule has 0 saturated heterocycles. The van der Waals surface area contributed by atoms with E-state index in [0.29, 0.717) is 17.8 Å². The summed E-state index contributed by atoms with van der Waals surface area (Å²) in [4.78, 5) is 28.7. The third kappa shape index (κ3) is 7.86. The first kappa shape index (κ1) is 31.2. The SMILES string of the molecule is C=C(NC(=CCC)CNC)C(=O)N(Cc1cc(F)cc(C(=O)c2ccc(F)cc2)c1)/C(=C\C)c1cccc(C)c1C. The lowest BCUT2D eigenvalue weighted by molar-refractivity contribution is -0.124. The van der Waals surface area contributed by atoms with E-state index in [2.05, 4.69) is 17.2 Å². The molecule has 5 nitrogen and oxygen atoms in total. The van der Waals surface area contributed by atoms with Crippen LogP contribution in [0.25, 0.3) is 5.70 Å². The Labute approximate surface area is 241 Å². The molecule has 3 rings (SSSR count). The zero-order chi connectivity index (χ0) is 30.1. The minimum absolute atomic E-state index is 0.0209. The van der Waals surface area contributed by atoms with Gasteiger partial charge in [-0.05, 0) is 93.4 Å². The summed E-state index contributed by atoms with van der Waals surface area (Å²) in [7, 11) is 1.81. The summed E-state index contributed by atoms with van der Waals surface area (Å²) in [5.74, 6) is -1.93. The molecule has 41 heavy (non-hydrogen) atoms. The Morgan fingerprint density at radius 2 is 1.68 bits per heavy atom. The average molecular weight is 558 g/mol. The zero-order valence-corrected chi connectivity index (χ0v) is 24.3. The van der Waals surface area contributed by atoms with E-state index in [0.717, 1.165) is 34.9 Å². The van der Waals surface area contributed by atoms with Crippen molar-refractivity contribution < 1.29 is 18.4 Å². The smallest absolute Gasteiger partial charge is 0.274 e. The molecule has 2 N–H and O–H groups in total. The quantitative estimate of drug-likeness (QED) is 0.190. The van der Waals surface area contributed by atoms with Crippen LogP contribution in [0.15, 0.2) is 90.8 Å². The normalized spacial score (nSPS) is 11.8. The number of carbonyl (C=O) groups excluding carboxylic acids is 2. The second-order valence-electron chi connectivity index (χ2n) is 9.77. The maximum atomic E-state index is 14.9. The first-order valence-electron chi connectivity index (χ1n) is 13.5. The number of amides is 1. The first-order valence-corrected chi connectivity index (χ1v) is 13.5. The highest BCUT2D eigenvalue weighted by molar-refractivity contribution is 6.09. The van der Waals surface area contributed by atoms with Crippen LogP contribution in [0, 0.1) is 25.5 Å². The summed E-state index contributed by atoms with van der Waals surface area (Å²) >= 11 is 0. The zero-order valence-electron chi connectivity index (χ0n) is 24.3. The summed E-state index contributed by atoms with van der Waals surface area (Å²) in [6.45, 7) is 12.3. The summed E-state index contributed by atoms with van der Waals surface area (Å²) in [6, 6.07) is 15.0. The lowest BCUT2D eigenvalue weighted by Gasteiger charge is -2.29. The van der Waals surface area contributed by atoms with Gasteiger partial charge in [-0.15, -0.1) is 0 Å². The van der Waals surface area contributed by atoms with Gasteiger partial charge in [-0.3, -0.25) is 9.59 Å². The van der Waals surface area contributed by atoms with Crippen molar-refractivity contribution in [1.82, 2.24) is 15.5 Å². The number of benzene rings is 3. The molecule has 0 saturated carbocycles. The fourth-order valence-corrected chi connectivity index (χ4v) is 4.59. The molecular formula is C34H37F2N3O2. The second-order valence-corrected chi connectivity index (χ2v) is 9.77. The minimum atomic E-state index is -0.617. The molecule has 0 radical (unpaired) electrons. The highest BCUT2D eigenvalue weighted by Gasteiger charge is 2.24. The van der Waals surface area contributed by atoms with Crippen LogP contribution >= 0.6 is 0 Å². The van der Waals surface area contributed by atoms with Crippen molar-refractivity contribution in [3.8, 4) is 0 Å². The predicted octanol–water partition coefficient (Wildman–Crippen LogP) is 6.82. The Morgan fingerprint density at radius 1 is 0.976 bits per heavy atom. The molecule has 0 bridgehead atoms. The van der Waals surface area contributed by atoms with Gasteiger partial charge < -0.3 is 15.5 Å². The largest absolute Gasteiger partial charge is 0.354 e. The maximum absolute atomic E-state index is 14.9. The van der Waals surface area contributed by atoms with Crippen molar-refractivity contribution in [1.29, 1.82) is 0 Å². The van der Waals surface area contributed by atoms with Crippen LogP contribution in [-0.2, 0) is 11.3 Å². The number of allylic oxidation sites excluding steroid dienone is 2. The van der Waals surface area contributed by atoms with Crippen molar-refractivity contribution in [3.63, 3.8) is 0 Å². The first-order chi connectivity index (χ1) is 19.6. The van der Waals surface area contributed by atoms with Gasteiger partial charge in [0.15, 0.2) is 5.78 Å². The maximum Gasteiger partial charge on any atom is 0.274 e. The van der Waals surface area contributed by atoms with Gasteiger partial charge in [-0.2, -0.15) is 0 Å². The van der Waals surface area contributed by atoms with Gasteiger partial charge in [-0.1, -0.05) is 43.9 Å². The number of hydrogen-bond acceptors (Lipinski definition) is 4. The summed E-state index contributed by atoms with van der Waals surface area (Å²) in [6.07, 6.45) is 4.58. The number of likely N-dealkylation sites (N-methyl/N-ethyl adjacent to an activating group) is 1. The fraction of sp³-hybridized carbons (Fsp3) is 0.235. The van der Waals surface area contributed by atoms with E-state index >= 15 is 0 Å². The molecule has 0 aliphatic rings. The average Bonchev–Trinajstić information content (AvgIpc) is 2.94. The van der Waals surface area contributed by atoms with E-state index < -0.39 is 23.3 Å². The molecular weight excluding hydrogens is 520 g/mol.